The Balaban J connectivity index is 2.42. The minimum Gasteiger partial charge on any atom is -0.316 e. The molecule has 1 aromatic rings. The van der Waals surface area contributed by atoms with Crippen molar-refractivity contribution >= 4 is 0 Å². The average Bonchev–Trinajstić information content (AvgIpc) is 2.29. The molecule has 0 aliphatic carbocycles. The minimum absolute atomic E-state index is 0.635. The molecule has 1 unspecified atom stereocenters. The molecule has 1 heteroatoms. The van der Waals surface area contributed by atoms with Gasteiger partial charge in [-0.1, -0.05) is 51.1 Å². The Morgan fingerprint density at radius 1 is 1.13 bits per heavy atom. The monoisotopic (exact) mass is 205 g/mol. The van der Waals surface area contributed by atoms with E-state index in [2.05, 4.69) is 56.4 Å². The van der Waals surface area contributed by atoms with Gasteiger partial charge in [-0.05, 0) is 36.9 Å². The fourth-order valence-corrected chi connectivity index (χ4v) is 1.77. The largest absolute Gasteiger partial charge is 0.316 e. The number of rotatable bonds is 6. The molecular formula is C14H23N. The van der Waals surface area contributed by atoms with Crippen LogP contribution in [0.3, 0.4) is 0 Å². The molecule has 15 heavy (non-hydrogen) atoms. The van der Waals surface area contributed by atoms with Crippen molar-refractivity contribution < 1.29 is 0 Å². The zero-order chi connectivity index (χ0) is 11.1. The SMILES string of the molecule is CCCNC[C@@H](C)C(C)c1ccccc1. The van der Waals surface area contributed by atoms with Gasteiger partial charge in [0.1, 0.15) is 0 Å². The highest BCUT2D eigenvalue weighted by atomic mass is 14.8. The standard InChI is InChI=1S/C14H23N/c1-4-10-15-11-12(2)13(3)14-8-6-5-7-9-14/h5-9,12-13,15H,4,10-11H2,1-3H3/t12-,13?/m1/s1. The van der Waals surface area contributed by atoms with Crippen molar-refractivity contribution in [2.75, 3.05) is 13.1 Å². The van der Waals surface area contributed by atoms with E-state index in [0.717, 1.165) is 13.1 Å². The molecule has 1 N–H and O–H groups in total. The fourth-order valence-electron chi connectivity index (χ4n) is 1.77. The molecule has 0 saturated heterocycles. The zero-order valence-electron chi connectivity index (χ0n) is 10.2. The van der Waals surface area contributed by atoms with Gasteiger partial charge >= 0.3 is 0 Å². The maximum Gasteiger partial charge on any atom is -0.00174 e. The smallest absolute Gasteiger partial charge is 0.00174 e. The number of hydrogen-bond acceptors (Lipinski definition) is 1. The first-order valence-electron chi connectivity index (χ1n) is 6.01. The van der Waals surface area contributed by atoms with Gasteiger partial charge in [0.15, 0.2) is 0 Å². The van der Waals surface area contributed by atoms with Crippen molar-refractivity contribution in [1.82, 2.24) is 5.32 Å². The van der Waals surface area contributed by atoms with Gasteiger partial charge in [-0.3, -0.25) is 0 Å². The van der Waals surface area contributed by atoms with Gasteiger partial charge in [0, 0.05) is 0 Å². The molecule has 0 radical (unpaired) electrons. The van der Waals surface area contributed by atoms with Gasteiger partial charge in [-0.15, -0.1) is 0 Å². The summed E-state index contributed by atoms with van der Waals surface area (Å²) in [5, 5.41) is 3.49. The average molecular weight is 205 g/mol. The third kappa shape index (κ3) is 4.05. The number of hydrogen-bond donors (Lipinski definition) is 1. The van der Waals surface area contributed by atoms with Crippen LogP contribution in [-0.2, 0) is 0 Å². The summed E-state index contributed by atoms with van der Waals surface area (Å²) in [6.07, 6.45) is 1.21. The van der Waals surface area contributed by atoms with E-state index in [9.17, 15) is 0 Å². The topological polar surface area (TPSA) is 12.0 Å². The van der Waals surface area contributed by atoms with Gasteiger partial charge in [0.2, 0.25) is 0 Å². The maximum absolute atomic E-state index is 3.49. The lowest BCUT2D eigenvalue weighted by atomic mass is 9.89. The van der Waals surface area contributed by atoms with Crippen LogP contribution in [0.15, 0.2) is 30.3 Å². The summed E-state index contributed by atoms with van der Waals surface area (Å²) < 4.78 is 0. The van der Waals surface area contributed by atoms with E-state index in [-0.39, 0.29) is 0 Å². The van der Waals surface area contributed by atoms with Crippen LogP contribution in [0.4, 0.5) is 0 Å². The van der Waals surface area contributed by atoms with Crippen LogP contribution in [0.25, 0.3) is 0 Å². The van der Waals surface area contributed by atoms with E-state index in [1.165, 1.54) is 12.0 Å². The minimum atomic E-state index is 0.635. The van der Waals surface area contributed by atoms with Crippen LogP contribution in [0.2, 0.25) is 0 Å². The molecule has 0 aromatic heterocycles. The zero-order valence-corrected chi connectivity index (χ0v) is 10.2. The van der Waals surface area contributed by atoms with Gasteiger partial charge in [0.05, 0.1) is 0 Å². The van der Waals surface area contributed by atoms with Crippen LogP contribution < -0.4 is 5.32 Å². The van der Waals surface area contributed by atoms with E-state index >= 15 is 0 Å². The highest BCUT2D eigenvalue weighted by Crippen LogP contribution is 2.22. The molecule has 0 aliphatic heterocycles. The molecule has 1 nitrogen and oxygen atoms in total. The Hall–Kier alpha value is -0.820. The molecule has 1 aromatic carbocycles. The Bertz CT molecular complexity index is 255. The summed E-state index contributed by atoms with van der Waals surface area (Å²) in [6.45, 7) is 9.09. The second-order valence-corrected chi connectivity index (χ2v) is 4.38. The molecule has 0 aliphatic rings. The molecular weight excluding hydrogens is 182 g/mol. The lowest BCUT2D eigenvalue weighted by Gasteiger charge is -2.20. The van der Waals surface area contributed by atoms with Crippen LogP contribution in [-0.4, -0.2) is 13.1 Å². The molecule has 0 fully saturated rings. The van der Waals surface area contributed by atoms with E-state index in [4.69, 9.17) is 0 Å². The van der Waals surface area contributed by atoms with Crippen LogP contribution in [0.1, 0.15) is 38.7 Å². The number of nitrogens with one attached hydrogen (secondary N) is 1. The first-order chi connectivity index (χ1) is 7.25. The lowest BCUT2D eigenvalue weighted by Crippen LogP contribution is -2.24. The van der Waals surface area contributed by atoms with Crippen LogP contribution in [0, 0.1) is 5.92 Å². The molecule has 0 amide bonds. The summed E-state index contributed by atoms with van der Waals surface area (Å²) >= 11 is 0. The molecule has 0 saturated carbocycles. The fraction of sp³-hybridized carbons (Fsp3) is 0.571. The summed E-state index contributed by atoms with van der Waals surface area (Å²) in [5.41, 5.74) is 1.45. The van der Waals surface area contributed by atoms with Gasteiger partial charge < -0.3 is 5.32 Å². The third-order valence-corrected chi connectivity index (χ3v) is 3.07. The van der Waals surface area contributed by atoms with Crippen molar-refractivity contribution in [3.8, 4) is 0 Å². The van der Waals surface area contributed by atoms with Crippen molar-refractivity contribution in [3.63, 3.8) is 0 Å². The van der Waals surface area contributed by atoms with Crippen LogP contribution >= 0.6 is 0 Å². The molecule has 2 atom stereocenters. The van der Waals surface area contributed by atoms with Crippen molar-refractivity contribution in [1.29, 1.82) is 0 Å². The van der Waals surface area contributed by atoms with E-state index in [1.807, 2.05) is 0 Å². The first kappa shape index (κ1) is 12.3. The summed E-state index contributed by atoms with van der Waals surface area (Å²) in [7, 11) is 0. The Labute approximate surface area is 93.9 Å². The summed E-state index contributed by atoms with van der Waals surface area (Å²) in [5.74, 6) is 1.33. The first-order valence-corrected chi connectivity index (χ1v) is 6.01. The maximum atomic E-state index is 3.49. The van der Waals surface area contributed by atoms with E-state index in [1.54, 1.807) is 0 Å². The van der Waals surface area contributed by atoms with Gasteiger partial charge in [-0.25, -0.2) is 0 Å². The second-order valence-electron chi connectivity index (χ2n) is 4.38. The Morgan fingerprint density at radius 2 is 1.80 bits per heavy atom. The third-order valence-electron chi connectivity index (χ3n) is 3.07. The quantitative estimate of drug-likeness (QED) is 0.702. The molecule has 0 bridgehead atoms. The highest BCUT2D eigenvalue weighted by molar-refractivity contribution is 5.19. The summed E-state index contributed by atoms with van der Waals surface area (Å²) in [6, 6.07) is 10.8. The van der Waals surface area contributed by atoms with Gasteiger partial charge in [-0.2, -0.15) is 0 Å². The van der Waals surface area contributed by atoms with Crippen molar-refractivity contribution in [2.24, 2.45) is 5.92 Å². The predicted molar refractivity (Wildman–Crippen MR) is 67.2 cm³/mol. The number of benzene rings is 1. The molecule has 0 spiro atoms. The van der Waals surface area contributed by atoms with Gasteiger partial charge in [0.25, 0.3) is 0 Å². The highest BCUT2D eigenvalue weighted by Gasteiger charge is 2.12. The predicted octanol–water partition coefficient (Wildman–Crippen LogP) is 3.43. The van der Waals surface area contributed by atoms with Crippen molar-refractivity contribution in [3.05, 3.63) is 35.9 Å². The molecule has 0 heterocycles. The van der Waals surface area contributed by atoms with E-state index in [0.29, 0.717) is 11.8 Å². The van der Waals surface area contributed by atoms with E-state index < -0.39 is 0 Å². The second kappa shape index (κ2) is 6.62. The van der Waals surface area contributed by atoms with Crippen molar-refractivity contribution in [2.45, 2.75) is 33.1 Å². The Morgan fingerprint density at radius 3 is 2.40 bits per heavy atom. The normalized spacial score (nSPS) is 14.9. The molecule has 84 valence electrons. The Kier molecular flexibility index (Phi) is 5.41. The molecule has 1 rings (SSSR count). The lowest BCUT2D eigenvalue weighted by molar-refractivity contribution is 0.448. The van der Waals surface area contributed by atoms with Crippen LogP contribution in [0.5, 0.6) is 0 Å². The summed E-state index contributed by atoms with van der Waals surface area (Å²) in [4.78, 5) is 0.